The van der Waals surface area contributed by atoms with E-state index in [0.29, 0.717) is 24.5 Å². The van der Waals surface area contributed by atoms with Gasteiger partial charge in [-0.25, -0.2) is 13.6 Å². The van der Waals surface area contributed by atoms with Gasteiger partial charge in [0.15, 0.2) is 11.6 Å². The summed E-state index contributed by atoms with van der Waals surface area (Å²) in [7, 11) is 4.03. The number of fused-ring (bicyclic) bond motifs is 3. The first-order chi connectivity index (χ1) is 18.5. The molecule has 0 saturated carbocycles. The van der Waals surface area contributed by atoms with Crippen molar-refractivity contribution in [2.24, 2.45) is 0 Å². The Hall–Kier alpha value is -3.72. The quantitative estimate of drug-likeness (QED) is 0.287. The zero-order chi connectivity index (χ0) is 28.3. The molecule has 9 heteroatoms. The van der Waals surface area contributed by atoms with E-state index in [-0.39, 0.29) is 24.3 Å². The molecular formula is C30H35F2N3O4. The maximum Gasteiger partial charge on any atom is 0.341 e. The normalized spacial score (nSPS) is 14.7. The maximum atomic E-state index is 13.9. The highest BCUT2D eigenvalue weighted by molar-refractivity contribution is 6.18. The summed E-state index contributed by atoms with van der Waals surface area (Å²) in [6.07, 6.45) is 2.97. The Morgan fingerprint density at radius 2 is 1.85 bits per heavy atom. The highest BCUT2D eigenvalue weighted by Crippen LogP contribution is 2.41. The van der Waals surface area contributed by atoms with Crippen LogP contribution in [0.1, 0.15) is 55.2 Å². The minimum atomic E-state index is -1.11. The number of carbonyl (C=O) groups excluding carboxylic acids is 2. The summed E-state index contributed by atoms with van der Waals surface area (Å²) in [4.78, 5) is 33.6. The fourth-order valence-corrected chi connectivity index (χ4v) is 4.87. The van der Waals surface area contributed by atoms with Crippen LogP contribution in [-0.2, 0) is 14.9 Å². The lowest BCUT2D eigenvalue weighted by atomic mass is 9.81. The number of aromatic amines is 1. The first-order valence-electron chi connectivity index (χ1n) is 13.1. The van der Waals surface area contributed by atoms with Gasteiger partial charge < -0.3 is 24.3 Å². The number of esters is 1. The van der Waals surface area contributed by atoms with Crippen molar-refractivity contribution in [2.45, 2.75) is 39.0 Å². The summed E-state index contributed by atoms with van der Waals surface area (Å²) >= 11 is 0. The minimum absolute atomic E-state index is 0.0197. The van der Waals surface area contributed by atoms with Gasteiger partial charge in [0.25, 0.3) is 5.91 Å². The molecular weight excluding hydrogens is 504 g/mol. The van der Waals surface area contributed by atoms with E-state index in [1.165, 1.54) is 17.2 Å². The molecule has 1 aliphatic rings. The van der Waals surface area contributed by atoms with Crippen LogP contribution in [-0.4, -0.2) is 67.1 Å². The Kier molecular flexibility index (Phi) is 8.39. The molecule has 0 atom stereocenters. The van der Waals surface area contributed by atoms with Crippen molar-refractivity contribution in [2.75, 3.05) is 40.4 Å². The summed E-state index contributed by atoms with van der Waals surface area (Å²) in [6.45, 7) is 7.75. The van der Waals surface area contributed by atoms with Gasteiger partial charge in [-0.05, 0) is 62.8 Å². The van der Waals surface area contributed by atoms with E-state index in [2.05, 4.69) is 9.88 Å². The predicted molar refractivity (Wildman–Crippen MR) is 147 cm³/mol. The highest BCUT2D eigenvalue weighted by atomic mass is 19.2. The van der Waals surface area contributed by atoms with Crippen LogP contribution < -0.4 is 4.74 Å². The van der Waals surface area contributed by atoms with E-state index in [0.717, 1.165) is 41.6 Å². The second-order valence-electron chi connectivity index (χ2n) is 10.7. The molecule has 1 aromatic heterocycles. The van der Waals surface area contributed by atoms with Gasteiger partial charge in [0.1, 0.15) is 5.75 Å². The van der Waals surface area contributed by atoms with E-state index in [1.807, 2.05) is 53.1 Å². The molecule has 1 aliphatic heterocycles. The smallest absolute Gasteiger partial charge is 0.341 e. The van der Waals surface area contributed by atoms with Crippen molar-refractivity contribution < 1.29 is 27.8 Å². The number of nitrogens with zero attached hydrogens (tertiary/aromatic N) is 2. The van der Waals surface area contributed by atoms with Crippen molar-refractivity contribution in [1.29, 1.82) is 0 Å². The number of amides is 1. The second-order valence-corrected chi connectivity index (χ2v) is 10.7. The third-order valence-corrected chi connectivity index (χ3v) is 6.67. The molecule has 0 saturated heterocycles. The number of halogens is 2. The number of nitrogens with one attached hydrogen (secondary N) is 1. The van der Waals surface area contributed by atoms with Gasteiger partial charge in [-0.3, -0.25) is 4.79 Å². The lowest BCUT2D eigenvalue weighted by Crippen LogP contribution is -2.37. The summed E-state index contributed by atoms with van der Waals surface area (Å²) in [5.74, 6) is -2.57. The van der Waals surface area contributed by atoms with Crippen LogP contribution in [0, 0.1) is 11.6 Å². The summed E-state index contributed by atoms with van der Waals surface area (Å²) < 4.78 is 38.9. The summed E-state index contributed by atoms with van der Waals surface area (Å²) in [5, 5.41) is 0.895. The monoisotopic (exact) mass is 539 g/mol. The summed E-state index contributed by atoms with van der Waals surface area (Å²) in [6, 6.07) is 8.78. The van der Waals surface area contributed by atoms with Gasteiger partial charge in [-0.2, -0.15) is 0 Å². The van der Waals surface area contributed by atoms with Crippen molar-refractivity contribution in [3.05, 3.63) is 71.1 Å². The van der Waals surface area contributed by atoms with Crippen molar-refractivity contribution in [3.63, 3.8) is 0 Å². The molecule has 3 aromatic rings. The topological polar surface area (TPSA) is 74.9 Å². The fraction of sp³-hybridized carbons (Fsp3) is 0.400. The van der Waals surface area contributed by atoms with Crippen LogP contribution in [0.3, 0.4) is 0 Å². The van der Waals surface area contributed by atoms with Crippen LogP contribution in [0.4, 0.5) is 8.78 Å². The molecule has 0 radical (unpaired) electrons. The largest absolute Gasteiger partial charge is 0.493 e. The van der Waals surface area contributed by atoms with E-state index >= 15 is 0 Å². The molecule has 0 fully saturated rings. The first-order valence-corrected chi connectivity index (χ1v) is 13.1. The third kappa shape index (κ3) is 6.14. The SMILES string of the molecule is CCCOC(=O)C1=CN(C(=O)c2ccc(F)c(F)c2)CC(C)(C)c2c1[nH]c1cc(OCCCN(C)C)ccc21. The molecule has 0 aliphatic carbocycles. The number of ether oxygens (including phenoxy) is 2. The van der Waals surface area contributed by atoms with E-state index < -0.39 is 28.9 Å². The van der Waals surface area contributed by atoms with Crippen LogP contribution in [0.5, 0.6) is 5.75 Å². The van der Waals surface area contributed by atoms with Crippen LogP contribution >= 0.6 is 0 Å². The van der Waals surface area contributed by atoms with E-state index in [4.69, 9.17) is 9.47 Å². The number of benzene rings is 2. The number of hydrogen-bond donors (Lipinski definition) is 1. The van der Waals surface area contributed by atoms with Crippen molar-refractivity contribution in [1.82, 2.24) is 14.8 Å². The van der Waals surface area contributed by atoms with Gasteiger partial charge in [0.2, 0.25) is 0 Å². The fourth-order valence-electron chi connectivity index (χ4n) is 4.87. The highest BCUT2D eigenvalue weighted by Gasteiger charge is 2.37. The number of H-pyrrole nitrogens is 1. The number of aromatic nitrogens is 1. The predicted octanol–water partition coefficient (Wildman–Crippen LogP) is 5.50. The second kappa shape index (κ2) is 11.6. The number of hydrogen-bond acceptors (Lipinski definition) is 5. The molecule has 39 heavy (non-hydrogen) atoms. The Labute approximate surface area is 227 Å². The zero-order valence-electron chi connectivity index (χ0n) is 23.1. The molecule has 7 nitrogen and oxygen atoms in total. The van der Waals surface area contributed by atoms with E-state index in [1.54, 1.807) is 0 Å². The van der Waals surface area contributed by atoms with E-state index in [9.17, 15) is 18.4 Å². The van der Waals surface area contributed by atoms with Gasteiger partial charge in [-0.15, -0.1) is 0 Å². The molecule has 4 rings (SSSR count). The molecule has 0 bridgehead atoms. The van der Waals surface area contributed by atoms with Crippen LogP contribution in [0.15, 0.2) is 42.6 Å². The molecule has 0 spiro atoms. The zero-order valence-corrected chi connectivity index (χ0v) is 23.1. The molecule has 2 aromatic carbocycles. The van der Waals surface area contributed by atoms with Gasteiger partial charge in [0.05, 0.1) is 24.5 Å². The lowest BCUT2D eigenvalue weighted by Gasteiger charge is -2.29. The van der Waals surface area contributed by atoms with Gasteiger partial charge in [0, 0.05) is 47.2 Å². The van der Waals surface area contributed by atoms with Crippen LogP contribution in [0.25, 0.3) is 16.5 Å². The Bertz CT molecular complexity index is 1410. The Morgan fingerprint density at radius 1 is 1.08 bits per heavy atom. The summed E-state index contributed by atoms with van der Waals surface area (Å²) in [5.41, 5.74) is 1.75. The van der Waals surface area contributed by atoms with Crippen molar-refractivity contribution >= 4 is 28.4 Å². The van der Waals surface area contributed by atoms with Gasteiger partial charge >= 0.3 is 5.97 Å². The van der Waals surface area contributed by atoms with Crippen molar-refractivity contribution in [3.8, 4) is 5.75 Å². The average Bonchev–Trinajstić information content (AvgIpc) is 3.22. The maximum absolute atomic E-state index is 13.9. The molecule has 208 valence electrons. The number of carbonyl (C=O) groups is 2. The molecule has 0 unspecified atom stereocenters. The standard InChI is InChI=1S/C30H35F2N3O4/c1-6-13-39-29(37)22-17-35(28(36)19-8-11-23(31)24(32)15-19)18-30(2,3)26-21-10-9-20(16-25(21)33-27(22)26)38-14-7-12-34(4)5/h8-11,15-17,33H,6-7,12-14,18H2,1-5H3. The molecule has 1 amide bonds. The third-order valence-electron chi connectivity index (χ3n) is 6.67. The minimum Gasteiger partial charge on any atom is -0.493 e. The molecule has 2 heterocycles. The molecule has 1 N–H and O–H groups in total. The first kappa shape index (κ1) is 28.3. The Balaban J connectivity index is 1.76. The van der Waals surface area contributed by atoms with Gasteiger partial charge in [-0.1, -0.05) is 20.8 Å². The number of rotatable bonds is 9. The van der Waals surface area contributed by atoms with Crippen LogP contribution in [0.2, 0.25) is 0 Å². The Morgan fingerprint density at radius 3 is 2.54 bits per heavy atom. The average molecular weight is 540 g/mol. The lowest BCUT2D eigenvalue weighted by molar-refractivity contribution is -0.136.